The zero-order valence-electron chi connectivity index (χ0n) is 11.8. The van der Waals surface area contributed by atoms with Gasteiger partial charge in [0.15, 0.2) is 0 Å². The van der Waals surface area contributed by atoms with Crippen molar-refractivity contribution in [1.82, 2.24) is 10.6 Å². The molecule has 0 aliphatic rings. The van der Waals surface area contributed by atoms with Crippen molar-refractivity contribution in [3.8, 4) is 5.75 Å². The average Bonchev–Trinajstić information content (AvgIpc) is 2.38. The third kappa shape index (κ3) is 6.62. The van der Waals surface area contributed by atoms with E-state index in [4.69, 9.17) is 4.74 Å². The molecule has 102 valence electrons. The number of methoxy groups -OCH3 is 1. The first-order chi connectivity index (χ1) is 8.72. The second kappa shape index (κ2) is 8.95. The molecule has 0 saturated carbocycles. The molecule has 0 radical (unpaired) electrons. The second-order valence-electron chi connectivity index (χ2n) is 4.98. The fourth-order valence-electron chi connectivity index (χ4n) is 1.71. The van der Waals surface area contributed by atoms with E-state index in [1.165, 1.54) is 12.0 Å². The van der Waals surface area contributed by atoms with Crippen LogP contribution in [0.1, 0.15) is 25.8 Å². The molecular formula is C15H26N2O. The average molecular weight is 250 g/mol. The zero-order valence-corrected chi connectivity index (χ0v) is 11.8. The van der Waals surface area contributed by atoms with Crippen molar-refractivity contribution in [1.29, 1.82) is 0 Å². The Hall–Kier alpha value is -1.06. The van der Waals surface area contributed by atoms with Gasteiger partial charge in [-0.15, -0.1) is 0 Å². The first-order valence-electron chi connectivity index (χ1n) is 6.76. The van der Waals surface area contributed by atoms with E-state index in [1.807, 2.05) is 12.1 Å². The van der Waals surface area contributed by atoms with E-state index < -0.39 is 0 Å². The van der Waals surface area contributed by atoms with Gasteiger partial charge in [0.25, 0.3) is 0 Å². The maximum atomic E-state index is 5.13. The molecule has 0 heterocycles. The number of nitrogens with one attached hydrogen (secondary N) is 2. The second-order valence-corrected chi connectivity index (χ2v) is 4.98. The van der Waals surface area contributed by atoms with Crippen LogP contribution in [0.3, 0.4) is 0 Å². The van der Waals surface area contributed by atoms with E-state index in [9.17, 15) is 0 Å². The van der Waals surface area contributed by atoms with Gasteiger partial charge in [0.2, 0.25) is 0 Å². The van der Waals surface area contributed by atoms with Gasteiger partial charge in [0.05, 0.1) is 7.11 Å². The predicted molar refractivity (Wildman–Crippen MR) is 77.0 cm³/mol. The van der Waals surface area contributed by atoms with Gasteiger partial charge in [-0.05, 0) is 49.7 Å². The summed E-state index contributed by atoms with van der Waals surface area (Å²) in [4.78, 5) is 0. The lowest BCUT2D eigenvalue weighted by atomic mass is 10.2. The molecule has 2 N–H and O–H groups in total. The van der Waals surface area contributed by atoms with Crippen molar-refractivity contribution < 1.29 is 4.74 Å². The first kappa shape index (κ1) is 15.0. The monoisotopic (exact) mass is 250 g/mol. The summed E-state index contributed by atoms with van der Waals surface area (Å²) in [5, 5.41) is 6.89. The summed E-state index contributed by atoms with van der Waals surface area (Å²) >= 11 is 0. The van der Waals surface area contributed by atoms with Gasteiger partial charge in [-0.25, -0.2) is 0 Å². The standard InChI is InChI=1S/C15H26N2O/c1-13(2)11-16-9-4-10-17-12-14-5-7-15(18-3)8-6-14/h5-8,13,16-17H,4,9-12H2,1-3H3. The molecular weight excluding hydrogens is 224 g/mol. The summed E-state index contributed by atoms with van der Waals surface area (Å²) in [7, 11) is 1.69. The Morgan fingerprint density at radius 3 is 2.33 bits per heavy atom. The Balaban J connectivity index is 2.03. The van der Waals surface area contributed by atoms with Crippen molar-refractivity contribution in [3.63, 3.8) is 0 Å². The molecule has 0 atom stereocenters. The van der Waals surface area contributed by atoms with Gasteiger partial charge in [0.1, 0.15) is 5.75 Å². The summed E-state index contributed by atoms with van der Waals surface area (Å²) < 4.78 is 5.13. The highest BCUT2D eigenvalue weighted by atomic mass is 16.5. The lowest BCUT2D eigenvalue weighted by molar-refractivity contribution is 0.414. The highest BCUT2D eigenvalue weighted by Crippen LogP contribution is 2.10. The van der Waals surface area contributed by atoms with E-state index in [2.05, 4.69) is 36.6 Å². The molecule has 1 rings (SSSR count). The summed E-state index contributed by atoms with van der Waals surface area (Å²) in [6.07, 6.45) is 1.17. The molecule has 3 heteroatoms. The van der Waals surface area contributed by atoms with Crippen LogP contribution in [0, 0.1) is 5.92 Å². The van der Waals surface area contributed by atoms with Crippen LogP contribution >= 0.6 is 0 Å². The molecule has 3 nitrogen and oxygen atoms in total. The maximum absolute atomic E-state index is 5.13. The Labute approximate surface area is 111 Å². The Morgan fingerprint density at radius 1 is 1.06 bits per heavy atom. The topological polar surface area (TPSA) is 33.3 Å². The lowest BCUT2D eigenvalue weighted by Crippen LogP contribution is -2.24. The molecule has 0 unspecified atom stereocenters. The molecule has 0 fully saturated rings. The number of hydrogen-bond acceptors (Lipinski definition) is 3. The highest BCUT2D eigenvalue weighted by Gasteiger charge is 1.95. The Kier molecular flexibility index (Phi) is 7.46. The zero-order chi connectivity index (χ0) is 13.2. The van der Waals surface area contributed by atoms with Crippen molar-refractivity contribution >= 4 is 0 Å². The van der Waals surface area contributed by atoms with Gasteiger partial charge in [-0.3, -0.25) is 0 Å². The third-order valence-electron chi connectivity index (χ3n) is 2.75. The molecule has 0 spiro atoms. The molecule has 1 aromatic rings. The van der Waals surface area contributed by atoms with Crippen molar-refractivity contribution in [3.05, 3.63) is 29.8 Å². The number of benzene rings is 1. The lowest BCUT2D eigenvalue weighted by Gasteiger charge is -2.08. The largest absolute Gasteiger partial charge is 0.497 e. The Bertz CT molecular complexity index is 309. The smallest absolute Gasteiger partial charge is 0.118 e. The van der Waals surface area contributed by atoms with E-state index in [0.29, 0.717) is 0 Å². The predicted octanol–water partition coefficient (Wildman–Crippen LogP) is 2.42. The third-order valence-corrected chi connectivity index (χ3v) is 2.75. The normalized spacial score (nSPS) is 10.9. The molecule has 0 aliphatic heterocycles. The van der Waals surface area contributed by atoms with Crippen LogP contribution in [-0.2, 0) is 6.54 Å². The van der Waals surface area contributed by atoms with Gasteiger partial charge in [0, 0.05) is 6.54 Å². The molecule has 0 bridgehead atoms. The fraction of sp³-hybridized carbons (Fsp3) is 0.600. The highest BCUT2D eigenvalue weighted by molar-refractivity contribution is 5.26. The van der Waals surface area contributed by atoms with Crippen LogP contribution in [0.15, 0.2) is 24.3 Å². The van der Waals surface area contributed by atoms with Crippen LogP contribution in [0.4, 0.5) is 0 Å². The van der Waals surface area contributed by atoms with Crippen LogP contribution in [-0.4, -0.2) is 26.7 Å². The number of hydrogen-bond donors (Lipinski definition) is 2. The molecule has 0 aromatic heterocycles. The van der Waals surface area contributed by atoms with Crippen LogP contribution < -0.4 is 15.4 Å². The first-order valence-corrected chi connectivity index (χ1v) is 6.76. The quantitative estimate of drug-likeness (QED) is 0.660. The van der Waals surface area contributed by atoms with Gasteiger partial charge >= 0.3 is 0 Å². The maximum Gasteiger partial charge on any atom is 0.118 e. The minimum Gasteiger partial charge on any atom is -0.497 e. The Morgan fingerprint density at radius 2 is 1.72 bits per heavy atom. The molecule has 0 aliphatic carbocycles. The van der Waals surface area contributed by atoms with E-state index in [-0.39, 0.29) is 0 Å². The van der Waals surface area contributed by atoms with E-state index in [0.717, 1.165) is 37.8 Å². The molecule has 1 aromatic carbocycles. The van der Waals surface area contributed by atoms with Crippen molar-refractivity contribution in [2.75, 3.05) is 26.7 Å². The van der Waals surface area contributed by atoms with Gasteiger partial charge < -0.3 is 15.4 Å². The van der Waals surface area contributed by atoms with Gasteiger partial charge in [-0.2, -0.15) is 0 Å². The van der Waals surface area contributed by atoms with Crippen molar-refractivity contribution in [2.45, 2.75) is 26.8 Å². The number of ether oxygens (including phenoxy) is 1. The van der Waals surface area contributed by atoms with E-state index in [1.54, 1.807) is 7.11 Å². The van der Waals surface area contributed by atoms with Crippen molar-refractivity contribution in [2.24, 2.45) is 5.92 Å². The summed E-state index contributed by atoms with van der Waals surface area (Å²) in [6.45, 7) is 8.64. The van der Waals surface area contributed by atoms with Crippen LogP contribution in [0.25, 0.3) is 0 Å². The summed E-state index contributed by atoms with van der Waals surface area (Å²) in [5.74, 6) is 1.65. The summed E-state index contributed by atoms with van der Waals surface area (Å²) in [5.41, 5.74) is 1.30. The minimum absolute atomic E-state index is 0.734. The summed E-state index contributed by atoms with van der Waals surface area (Å²) in [6, 6.07) is 8.20. The molecule has 18 heavy (non-hydrogen) atoms. The fourth-order valence-corrected chi connectivity index (χ4v) is 1.71. The minimum atomic E-state index is 0.734. The van der Waals surface area contributed by atoms with Crippen LogP contribution in [0.2, 0.25) is 0 Å². The van der Waals surface area contributed by atoms with E-state index >= 15 is 0 Å². The van der Waals surface area contributed by atoms with Crippen LogP contribution in [0.5, 0.6) is 5.75 Å². The molecule has 0 saturated heterocycles. The number of rotatable bonds is 9. The molecule has 0 amide bonds. The van der Waals surface area contributed by atoms with Gasteiger partial charge in [-0.1, -0.05) is 26.0 Å². The SMILES string of the molecule is COc1ccc(CNCCCNCC(C)C)cc1.